The van der Waals surface area contributed by atoms with Gasteiger partial charge in [0.2, 0.25) is 0 Å². The maximum Gasteiger partial charge on any atom is 0.427 e. The Labute approximate surface area is 117 Å². The Morgan fingerprint density at radius 1 is 1.50 bits per heavy atom. The number of amides is 2. The van der Waals surface area contributed by atoms with Crippen LogP contribution in [0.5, 0.6) is 0 Å². The van der Waals surface area contributed by atoms with Gasteiger partial charge in [0.05, 0.1) is 12.5 Å². The second kappa shape index (κ2) is 5.16. The van der Waals surface area contributed by atoms with Gasteiger partial charge in [-0.2, -0.15) is 14.5 Å². The topological polar surface area (TPSA) is 86.2 Å². The molecule has 0 N–H and O–H groups in total. The highest BCUT2D eigenvalue weighted by molar-refractivity contribution is 5.93. The third-order valence-electron chi connectivity index (χ3n) is 3.50. The maximum atomic E-state index is 12.6. The smallest absolute Gasteiger partial charge is 0.427 e. The average Bonchev–Trinajstić information content (AvgIpc) is 2.65. The van der Waals surface area contributed by atoms with Crippen molar-refractivity contribution in [2.45, 2.75) is 19.9 Å². The quantitative estimate of drug-likeness (QED) is 0.701. The van der Waals surface area contributed by atoms with Crippen LogP contribution in [0.25, 0.3) is 0 Å². The molecule has 1 aromatic heterocycles. The number of aliphatic carboxylic acids is 1. The number of rotatable bonds is 4. The summed E-state index contributed by atoms with van der Waals surface area (Å²) in [6, 6.07) is 0.403. The highest BCUT2D eigenvalue weighted by Gasteiger charge is 2.54. The summed E-state index contributed by atoms with van der Waals surface area (Å²) in [4.78, 5) is 33.4. The normalized spacial score (nSPS) is 26.3. The van der Waals surface area contributed by atoms with Crippen molar-refractivity contribution in [2.24, 2.45) is 5.92 Å². The van der Waals surface area contributed by atoms with Gasteiger partial charge < -0.3 is 9.90 Å². The standard InChI is InChI=1S/C13H18N4O3/c1-9(2)7-17(12-14-5-4-6-15-12)8-10(11(18)19)16(3)13(17)20/h4-6,9-10H,7-8H2,1-3H3. The van der Waals surface area contributed by atoms with Gasteiger partial charge in [-0.25, -0.2) is 4.79 Å². The molecule has 0 spiro atoms. The van der Waals surface area contributed by atoms with E-state index < -0.39 is 12.0 Å². The van der Waals surface area contributed by atoms with Gasteiger partial charge in [-0.15, -0.1) is 0 Å². The third kappa shape index (κ3) is 2.24. The summed E-state index contributed by atoms with van der Waals surface area (Å²) in [6.45, 7) is 4.50. The molecule has 2 rings (SSSR count). The van der Waals surface area contributed by atoms with Gasteiger partial charge in [0.25, 0.3) is 0 Å². The Kier molecular flexibility index (Phi) is 3.71. The van der Waals surface area contributed by atoms with Crippen LogP contribution >= 0.6 is 0 Å². The van der Waals surface area contributed by atoms with E-state index in [1.165, 1.54) is 11.9 Å². The van der Waals surface area contributed by atoms with E-state index in [9.17, 15) is 14.7 Å². The second-order valence-corrected chi connectivity index (χ2v) is 5.50. The van der Waals surface area contributed by atoms with Gasteiger partial charge in [0, 0.05) is 25.4 Å². The zero-order chi connectivity index (χ0) is 14.9. The van der Waals surface area contributed by atoms with Crippen molar-refractivity contribution >= 4 is 17.9 Å². The molecule has 1 saturated heterocycles. The number of likely N-dealkylation sites (N-methyl/N-ethyl adjacent to an activating group) is 1. The summed E-state index contributed by atoms with van der Waals surface area (Å²) in [7, 11) is 1.48. The van der Waals surface area contributed by atoms with E-state index in [-0.39, 0.29) is 23.0 Å². The molecule has 1 aliphatic heterocycles. The van der Waals surface area contributed by atoms with Crippen LogP contribution in [0.15, 0.2) is 18.5 Å². The fraction of sp³-hybridized carbons (Fsp3) is 0.538. The van der Waals surface area contributed by atoms with E-state index in [0.717, 1.165) is 0 Å². The van der Waals surface area contributed by atoms with Crippen molar-refractivity contribution in [2.75, 3.05) is 20.1 Å². The SMILES string of the molecule is CC(C)C[N+]1(c2ncccn2)CC(C(=O)[O-])N(C)C1=O. The number of urea groups is 1. The first-order valence-corrected chi connectivity index (χ1v) is 6.51. The number of quaternary nitrogens is 1. The van der Waals surface area contributed by atoms with E-state index in [1.54, 1.807) is 18.5 Å². The summed E-state index contributed by atoms with van der Waals surface area (Å²) in [5, 5.41) is 11.2. The molecule has 1 aliphatic rings. The third-order valence-corrected chi connectivity index (χ3v) is 3.50. The first-order chi connectivity index (χ1) is 9.38. The van der Waals surface area contributed by atoms with E-state index >= 15 is 0 Å². The van der Waals surface area contributed by atoms with Gasteiger partial charge in [-0.1, -0.05) is 13.8 Å². The lowest BCUT2D eigenvalue weighted by Gasteiger charge is -2.28. The molecule has 0 radical (unpaired) electrons. The molecule has 7 nitrogen and oxygen atoms in total. The molecule has 108 valence electrons. The van der Waals surface area contributed by atoms with Crippen molar-refractivity contribution in [3.05, 3.63) is 18.5 Å². The maximum absolute atomic E-state index is 12.6. The molecule has 2 atom stereocenters. The number of carbonyl (C=O) groups excluding carboxylic acids is 2. The lowest BCUT2D eigenvalue weighted by molar-refractivity contribution is -0.309. The van der Waals surface area contributed by atoms with E-state index in [4.69, 9.17) is 0 Å². The number of carboxylic acids is 1. The lowest BCUT2D eigenvalue weighted by Crippen LogP contribution is -2.55. The van der Waals surface area contributed by atoms with Crippen LogP contribution in [0.1, 0.15) is 13.8 Å². The molecule has 7 heteroatoms. The van der Waals surface area contributed by atoms with E-state index in [0.29, 0.717) is 12.5 Å². The zero-order valence-electron chi connectivity index (χ0n) is 11.8. The first kappa shape index (κ1) is 14.4. The van der Waals surface area contributed by atoms with Gasteiger partial charge in [-0.05, 0) is 6.07 Å². The van der Waals surface area contributed by atoms with E-state index in [1.807, 2.05) is 13.8 Å². The van der Waals surface area contributed by atoms with Crippen molar-refractivity contribution < 1.29 is 14.7 Å². The van der Waals surface area contributed by atoms with Crippen LogP contribution in [0.4, 0.5) is 10.7 Å². The number of hydrogen-bond donors (Lipinski definition) is 0. The molecule has 0 aromatic carbocycles. The lowest BCUT2D eigenvalue weighted by atomic mass is 10.1. The number of hydrogen-bond acceptors (Lipinski definition) is 5. The number of nitrogens with zero attached hydrogens (tertiary/aromatic N) is 4. The van der Waals surface area contributed by atoms with Gasteiger partial charge in [0.15, 0.2) is 0 Å². The molecule has 1 fully saturated rings. The molecule has 2 unspecified atom stereocenters. The van der Waals surface area contributed by atoms with Crippen LogP contribution in [0.2, 0.25) is 0 Å². The van der Waals surface area contributed by atoms with Crippen molar-refractivity contribution in [3.63, 3.8) is 0 Å². The first-order valence-electron chi connectivity index (χ1n) is 6.51. The van der Waals surface area contributed by atoms with Crippen LogP contribution in [-0.2, 0) is 4.79 Å². The predicted molar refractivity (Wildman–Crippen MR) is 70.4 cm³/mol. The van der Waals surface area contributed by atoms with Gasteiger partial charge in [-0.3, -0.25) is 4.90 Å². The highest BCUT2D eigenvalue weighted by Crippen LogP contribution is 2.29. The predicted octanol–water partition coefficient (Wildman–Crippen LogP) is -0.376. The summed E-state index contributed by atoms with van der Waals surface area (Å²) < 4.78 is -0.173. The molecular formula is C13H18N4O3. The molecule has 0 saturated carbocycles. The minimum absolute atomic E-state index is 0.0971. The molecule has 20 heavy (non-hydrogen) atoms. The minimum atomic E-state index is -1.25. The highest BCUT2D eigenvalue weighted by atomic mass is 16.4. The Morgan fingerprint density at radius 3 is 2.55 bits per heavy atom. The summed E-state index contributed by atoms with van der Waals surface area (Å²) >= 11 is 0. The Morgan fingerprint density at radius 2 is 2.10 bits per heavy atom. The number of carbonyl (C=O) groups is 2. The largest absolute Gasteiger partial charge is 0.548 e. The average molecular weight is 278 g/mol. The Hall–Kier alpha value is -2.02. The van der Waals surface area contributed by atoms with Crippen molar-refractivity contribution in [3.8, 4) is 0 Å². The molecule has 0 aliphatic carbocycles. The Bertz CT molecular complexity index is 520. The fourth-order valence-corrected chi connectivity index (χ4v) is 2.70. The van der Waals surface area contributed by atoms with Crippen LogP contribution in [0.3, 0.4) is 0 Å². The summed E-state index contributed by atoms with van der Waals surface area (Å²) in [5.74, 6) is -0.723. The monoisotopic (exact) mass is 278 g/mol. The van der Waals surface area contributed by atoms with Crippen LogP contribution < -0.4 is 9.59 Å². The molecule has 2 amide bonds. The van der Waals surface area contributed by atoms with Crippen LogP contribution in [-0.4, -0.2) is 53.0 Å². The summed E-state index contributed by atoms with van der Waals surface area (Å²) in [6.07, 6.45) is 3.12. The van der Waals surface area contributed by atoms with Crippen molar-refractivity contribution in [1.29, 1.82) is 0 Å². The van der Waals surface area contributed by atoms with E-state index in [2.05, 4.69) is 9.97 Å². The molecular weight excluding hydrogens is 260 g/mol. The molecule has 2 heterocycles. The summed E-state index contributed by atoms with van der Waals surface area (Å²) in [5.41, 5.74) is 0. The van der Waals surface area contributed by atoms with Crippen molar-refractivity contribution in [1.82, 2.24) is 19.4 Å². The zero-order valence-corrected chi connectivity index (χ0v) is 11.8. The Balaban J connectivity index is 2.49. The van der Waals surface area contributed by atoms with Crippen LogP contribution in [0, 0.1) is 5.92 Å². The second-order valence-electron chi connectivity index (χ2n) is 5.50. The van der Waals surface area contributed by atoms with Gasteiger partial charge in [0.1, 0.15) is 12.6 Å². The molecule has 1 aromatic rings. The minimum Gasteiger partial charge on any atom is -0.548 e. The molecule has 0 bridgehead atoms. The fourth-order valence-electron chi connectivity index (χ4n) is 2.70. The number of carboxylic acid groups (broad SMARTS) is 1. The number of aromatic nitrogens is 2. The van der Waals surface area contributed by atoms with Gasteiger partial charge >= 0.3 is 12.0 Å².